The van der Waals surface area contributed by atoms with E-state index in [4.69, 9.17) is 5.73 Å². The van der Waals surface area contributed by atoms with E-state index < -0.39 is 10.8 Å². The number of benzene rings is 2. The van der Waals surface area contributed by atoms with Crippen molar-refractivity contribution in [1.29, 1.82) is 0 Å². The van der Waals surface area contributed by atoms with Crippen LogP contribution in [0.5, 0.6) is 0 Å². The SMILES string of the molecule is CCC(C(N)c1ccccc1)S(=O)Cc1ccccc1C. The molecule has 0 aliphatic heterocycles. The topological polar surface area (TPSA) is 43.1 Å². The first-order valence-corrected chi connectivity index (χ1v) is 8.74. The van der Waals surface area contributed by atoms with Crippen LogP contribution in [-0.2, 0) is 16.6 Å². The Hall–Kier alpha value is -1.45. The molecule has 2 nitrogen and oxygen atoms in total. The van der Waals surface area contributed by atoms with E-state index in [0.717, 1.165) is 17.5 Å². The highest BCUT2D eigenvalue weighted by molar-refractivity contribution is 7.84. The third-order valence-corrected chi connectivity index (χ3v) is 5.78. The van der Waals surface area contributed by atoms with E-state index in [1.165, 1.54) is 5.56 Å². The Morgan fingerprint density at radius 1 is 1.05 bits per heavy atom. The maximum absolute atomic E-state index is 12.7. The van der Waals surface area contributed by atoms with Gasteiger partial charge in [-0.25, -0.2) is 0 Å². The second kappa shape index (κ2) is 7.53. The zero-order chi connectivity index (χ0) is 15.2. The maximum atomic E-state index is 12.7. The third-order valence-electron chi connectivity index (χ3n) is 3.88. The average molecular weight is 301 g/mol. The summed E-state index contributed by atoms with van der Waals surface area (Å²) in [6.07, 6.45) is 0.814. The molecule has 2 rings (SSSR count). The van der Waals surface area contributed by atoms with Crippen LogP contribution in [0.4, 0.5) is 0 Å². The van der Waals surface area contributed by atoms with Crippen molar-refractivity contribution in [2.75, 3.05) is 0 Å². The van der Waals surface area contributed by atoms with E-state index in [1.807, 2.05) is 48.5 Å². The number of hydrogen-bond acceptors (Lipinski definition) is 2. The second-order valence-electron chi connectivity index (χ2n) is 5.33. The zero-order valence-corrected chi connectivity index (χ0v) is 13.5. The van der Waals surface area contributed by atoms with Gasteiger partial charge in [-0.05, 0) is 30.0 Å². The van der Waals surface area contributed by atoms with Gasteiger partial charge in [-0.3, -0.25) is 4.21 Å². The van der Waals surface area contributed by atoms with E-state index >= 15 is 0 Å². The Kier molecular flexibility index (Phi) is 5.71. The molecule has 2 aromatic rings. The lowest BCUT2D eigenvalue weighted by Crippen LogP contribution is -2.30. The Morgan fingerprint density at radius 3 is 2.29 bits per heavy atom. The fourth-order valence-electron chi connectivity index (χ4n) is 2.53. The molecule has 3 atom stereocenters. The van der Waals surface area contributed by atoms with Crippen molar-refractivity contribution in [1.82, 2.24) is 0 Å². The highest BCUT2D eigenvalue weighted by Gasteiger charge is 2.24. The fraction of sp³-hybridized carbons (Fsp3) is 0.333. The van der Waals surface area contributed by atoms with Crippen molar-refractivity contribution in [3.63, 3.8) is 0 Å². The molecule has 112 valence electrons. The van der Waals surface area contributed by atoms with Gasteiger partial charge in [0.25, 0.3) is 0 Å². The van der Waals surface area contributed by atoms with Crippen LogP contribution in [0.2, 0.25) is 0 Å². The first-order valence-electron chi connectivity index (χ1n) is 7.35. The molecule has 0 bridgehead atoms. The van der Waals surface area contributed by atoms with Crippen molar-refractivity contribution in [3.8, 4) is 0 Å². The second-order valence-corrected chi connectivity index (χ2v) is 6.99. The summed E-state index contributed by atoms with van der Waals surface area (Å²) in [5.41, 5.74) is 9.74. The van der Waals surface area contributed by atoms with Gasteiger partial charge < -0.3 is 5.73 Å². The fourth-order valence-corrected chi connectivity index (χ4v) is 4.23. The minimum atomic E-state index is -0.975. The predicted molar refractivity (Wildman–Crippen MR) is 90.5 cm³/mol. The lowest BCUT2D eigenvalue weighted by Gasteiger charge is -2.23. The normalized spacial score (nSPS) is 15.4. The molecule has 21 heavy (non-hydrogen) atoms. The van der Waals surface area contributed by atoms with Crippen LogP contribution >= 0.6 is 0 Å². The minimum absolute atomic E-state index is 0.0213. The van der Waals surface area contributed by atoms with Gasteiger partial charge in [0.1, 0.15) is 0 Å². The quantitative estimate of drug-likeness (QED) is 0.883. The Morgan fingerprint density at radius 2 is 1.67 bits per heavy atom. The Labute approximate surface area is 129 Å². The van der Waals surface area contributed by atoms with Gasteiger partial charge in [0, 0.05) is 22.6 Å². The molecule has 3 heteroatoms. The Balaban J connectivity index is 2.14. The van der Waals surface area contributed by atoms with Crippen LogP contribution in [0.25, 0.3) is 0 Å². The summed E-state index contributed by atoms with van der Waals surface area (Å²) in [6.45, 7) is 4.12. The van der Waals surface area contributed by atoms with Crippen LogP contribution in [0.3, 0.4) is 0 Å². The lowest BCUT2D eigenvalue weighted by atomic mass is 10.0. The molecule has 0 amide bonds. The van der Waals surface area contributed by atoms with Crippen LogP contribution in [0.1, 0.15) is 36.1 Å². The van der Waals surface area contributed by atoms with Crippen molar-refractivity contribution in [2.45, 2.75) is 37.3 Å². The molecule has 0 fully saturated rings. The molecule has 0 heterocycles. The Bertz CT molecular complexity index is 597. The van der Waals surface area contributed by atoms with E-state index in [1.54, 1.807) is 0 Å². The third kappa shape index (κ3) is 4.02. The van der Waals surface area contributed by atoms with Gasteiger partial charge in [0.2, 0.25) is 0 Å². The number of rotatable bonds is 6. The molecular weight excluding hydrogens is 278 g/mol. The van der Waals surface area contributed by atoms with Crippen LogP contribution in [-0.4, -0.2) is 9.46 Å². The molecule has 0 aromatic heterocycles. The van der Waals surface area contributed by atoms with Crippen LogP contribution < -0.4 is 5.73 Å². The molecule has 0 spiro atoms. The van der Waals surface area contributed by atoms with Crippen molar-refractivity contribution in [2.24, 2.45) is 5.73 Å². The summed E-state index contributed by atoms with van der Waals surface area (Å²) < 4.78 is 12.7. The smallest absolute Gasteiger partial charge is 0.0541 e. The summed E-state index contributed by atoms with van der Waals surface area (Å²) in [5.74, 6) is 0.575. The van der Waals surface area contributed by atoms with Crippen molar-refractivity contribution < 1.29 is 4.21 Å². The van der Waals surface area contributed by atoms with E-state index in [2.05, 4.69) is 19.9 Å². The van der Waals surface area contributed by atoms with Crippen molar-refractivity contribution >= 4 is 10.8 Å². The lowest BCUT2D eigenvalue weighted by molar-refractivity contribution is 0.611. The molecule has 0 saturated heterocycles. The molecular formula is C18H23NOS. The predicted octanol–water partition coefficient (Wildman–Crippen LogP) is 3.72. The summed E-state index contributed by atoms with van der Waals surface area (Å²) in [5, 5.41) is -0.0213. The maximum Gasteiger partial charge on any atom is 0.0541 e. The van der Waals surface area contributed by atoms with E-state index in [0.29, 0.717) is 5.75 Å². The number of hydrogen-bond donors (Lipinski definition) is 1. The van der Waals surface area contributed by atoms with Gasteiger partial charge in [-0.2, -0.15) is 0 Å². The molecule has 3 unspecified atom stereocenters. The monoisotopic (exact) mass is 301 g/mol. The highest BCUT2D eigenvalue weighted by Crippen LogP contribution is 2.23. The first kappa shape index (κ1) is 15.9. The molecule has 0 aliphatic carbocycles. The zero-order valence-electron chi connectivity index (χ0n) is 12.7. The molecule has 2 N–H and O–H groups in total. The standard InChI is InChI=1S/C18H23NOS/c1-3-17(18(19)15-10-5-4-6-11-15)21(20)13-16-12-8-7-9-14(16)2/h4-12,17-18H,3,13,19H2,1-2H3. The molecule has 0 saturated carbocycles. The largest absolute Gasteiger partial charge is 0.323 e. The highest BCUT2D eigenvalue weighted by atomic mass is 32.2. The summed E-state index contributed by atoms with van der Waals surface area (Å²) in [7, 11) is -0.975. The van der Waals surface area contributed by atoms with E-state index in [9.17, 15) is 4.21 Å². The molecule has 2 aromatic carbocycles. The summed E-state index contributed by atoms with van der Waals surface area (Å²) >= 11 is 0. The van der Waals surface area contributed by atoms with Crippen molar-refractivity contribution in [3.05, 3.63) is 71.3 Å². The van der Waals surface area contributed by atoms with Gasteiger partial charge in [0.15, 0.2) is 0 Å². The van der Waals surface area contributed by atoms with Gasteiger partial charge in [-0.15, -0.1) is 0 Å². The van der Waals surface area contributed by atoms with Gasteiger partial charge in [0.05, 0.1) is 5.25 Å². The average Bonchev–Trinajstić information content (AvgIpc) is 2.51. The van der Waals surface area contributed by atoms with Crippen LogP contribution in [0.15, 0.2) is 54.6 Å². The van der Waals surface area contributed by atoms with Gasteiger partial charge in [-0.1, -0.05) is 61.5 Å². The summed E-state index contributed by atoms with van der Waals surface area (Å²) in [4.78, 5) is 0. The van der Waals surface area contributed by atoms with E-state index in [-0.39, 0.29) is 11.3 Å². The van der Waals surface area contributed by atoms with Gasteiger partial charge >= 0.3 is 0 Å². The first-order chi connectivity index (χ1) is 10.1. The number of nitrogens with two attached hydrogens (primary N) is 1. The number of aryl methyl sites for hydroxylation is 1. The van der Waals surface area contributed by atoms with Crippen LogP contribution in [0, 0.1) is 6.92 Å². The molecule has 0 radical (unpaired) electrons. The molecule has 0 aliphatic rings. The minimum Gasteiger partial charge on any atom is -0.323 e. The summed E-state index contributed by atoms with van der Waals surface area (Å²) in [6, 6.07) is 17.9.